The summed E-state index contributed by atoms with van der Waals surface area (Å²) in [6.45, 7) is 3.91. The lowest BCUT2D eigenvalue weighted by molar-refractivity contribution is 0.598. The number of rotatable bonds is 6. The van der Waals surface area contributed by atoms with Crippen LogP contribution in [0.5, 0.6) is 0 Å². The van der Waals surface area contributed by atoms with Crippen molar-refractivity contribution in [2.24, 2.45) is 4.40 Å². The van der Waals surface area contributed by atoms with Crippen molar-refractivity contribution in [2.45, 2.75) is 18.4 Å². The van der Waals surface area contributed by atoms with Gasteiger partial charge in [-0.05, 0) is 35.5 Å². The predicted molar refractivity (Wildman–Crippen MR) is 135 cm³/mol. The zero-order chi connectivity index (χ0) is 23.5. The topological polar surface area (TPSA) is 46.5 Å². The molecule has 0 fully saturated rings. The predicted octanol–water partition coefficient (Wildman–Crippen LogP) is 4.74. The maximum atomic E-state index is 15.2. The van der Waals surface area contributed by atoms with Gasteiger partial charge in [-0.25, -0.2) is 4.39 Å². The maximum Gasteiger partial charge on any atom is 0.282 e. The van der Waals surface area contributed by atoms with Crippen molar-refractivity contribution < 1.29 is 12.8 Å². The minimum absolute atomic E-state index is 0.0828. The standard InChI is InChI=1S/C27H24FNO2SSi/c1-21-17-19-22(20-18-21)32(30,31)29-27(25-15-9-10-16-26(25)28)33(2,23-11-5-3-6-12-23)24-13-7-4-8-14-24/h3-20H,1-2H3/b29-27-. The first-order valence-corrected chi connectivity index (χ1v) is 14.5. The van der Waals surface area contributed by atoms with Crippen LogP contribution in [-0.2, 0) is 10.0 Å². The highest BCUT2D eigenvalue weighted by atomic mass is 32.2. The molecule has 0 spiro atoms. The van der Waals surface area contributed by atoms with Crippen LogP contribution in [0.2, 0.25) is 6.55 Å². The highest BCUT2D eigenvalue weighted by Crippen LogP contribution is 2.22. The Morgan fingerprint density at radius 1 is 0.727 bits per heavy atom. The largest absolute Gasteiger partial charge is 0.282 e. The van der Waals surface area contributed by atoms with Gasteiger partial charge in [0, 0.05) is 5.56 Å². The van der Waals surface area contributed by atoms with Crippen LogP contribution >= 0.6 is 0 Å². The summed E-state index contributed by atoms with van der Waals surface area (Å²) in [5.74, 6) is -0.499. The van der Waals surface area contributed by atoms with E-state index in [2.05, 4.69) is 4.40 Å². The number of aryl methyl sites for hydroxylation is 1. The van der Waals surface area contributed by atoms with Crippen LogP contribution in [0.15, 0.2) is 118 Å². The fourth-order valence-electron chi connectivity index (χ4n) is 3.93. The summed E-state index contributed by atoms with van der Waals surface area (Å²) in [6.07, 6.45) is 0. The van der Waals surface area contributed by atoms with E-state index in [1.54, 1.807) is 30.3 Å². The Hall–Kier alpha value is -3.35. The third kappa shape index (κ3) is 4.58. The van der Waals surface area contributed by atoms with E-state index >= 15 is 4.39 Å². The first-order chi connectivity index (χ1) is 15.8. The number of nitrogens with zero attached hydrogens (tertiary/aromatic N) is 1. The Kier molecular flexibility index (Phi) is 6.40. The highest BCUT2D eigenvalue weighted by molar-refractivity contribution is 7.90. The van der Waals surface area contributed by atoms with Crippen molar-refractivity contribution in [3.63, 3.8) is 0 Å². The van der Waals surface area contributed by atoms with Crippen molar-refractivity contribution in [2.75, 3.05) is 0 Å². The summed E-state index contributed by atoms with van der Waals surface area (Å²) < 4.78 is 46.5. The molecular weight excluding hydrogens is 449 g/mol. The Balaban J connectivity index is 2.06. The summed E-state index contributed by atoms with van der Waals surface area (Å²) in [5.41, 5.74) is 1.15. The smallest absolute Gasteiger partial charge is 0.206 e. The molecule has 0 heterocycles. The zero-order valence-corrected chi connectivity index (χ0v) is 20.3. The summed E-state index contributed by atoms with van der Waals surface area (Å²) in [7, 11) is -7.11. The summed E-state index contributed by atoms with van der Waals surface area (Å²) in [5, 5.41) is 2.15. The van der Waals surface area contributed by atoms with E-state index in [4.69, 9.17) is 0 Å². The molecule has 0 aliphatic heterocycles. The quantitative estimate of drug-likeness (QED) is 0.300. The van der Waals surface area contributed by atoms with E-state index in [9.17, 15) is 8.42 Å². The van der Waals surface area contributed by atoms with Gasteiger partial charge >= 0.3 is 0 Å². The molecule has 0 radical (unpaired) electrons. The first kappa shape index (κ1) is 22.8. The molecule has 0 aliphatic carbocycles. The number of halogens is 1. The van der Waals surface area contributed by atoms with E-state index in [0.29, 0.717) is 0 Å². The average Bonchev–Trinajstić information content (AvgIpc) is 2.84. The van der Waals surface area contributed by atoms with Crippen LogP contribution in [0.25, 0.3) is 0 Å². The molecule has 0 aromatic heterocycles. The van der Waals surface area contributed by atoms with Crippen molar-refractivity contribution >= 4 is 33.8 Å². The lowest BCUT2D eigenvalue weighted by atomic mass is 10.2. The molecular formula is C27H24FNO2SSi. The van der Waals surface area contributed by atoms with Gasteiger partial charge in [-0.1, -0.05) is 103 Å². The Bertz CT molecular complexity index is 1350. The normalized spacial score (nSPS) is 12.5. The van der Waals surface area contributed by atoms with Gasteiger partial charge < -0.3 is 0 Å². The van der Waals surface area contributed by atoms with E-state index in [1.165, 1.54) is 18.2 Å². The average molecular weight is 474 g/mol. The van der Waals surface area contributed by atoms with E-state index in [-0.39, 0.29) is 15.8 Å². The van der Waals surface area contributed by atoms with Crippen molar-refractivity contribution in [1.82, 2.24) is 0 Å². The Morgan fingerprint density at radius 2 is 1.21 bits per heavy atom. The molecule has 3 nitrogen and oxygen atoms in total. The Labute approximate surface area is 195 Å². The SMILES string of the molecule is Cc1ccc(S(=O)(=O)/N=C(/c2ccccc2F)[Si](C)(c2ccccc2)c2ccccc2)cc1. The molecule has 0 bridgehead atoms. The van der Waals surface area contributed by atoms with Crippen molar-refractivity contribution in [1.29, 1.82) is 0 Å². The molecule has 33 heavy (non-hydrogen) atoms. The highest BCUT2D eigenvalue weighted by Gasteiger charge is 2.40. The molecule has 0 N–H and O–H groups in total. The lowest BCUT2D eigenvalue weighted by Crippen LogP contribution is -2.62. The second-order valence-electron chi connectivity index (χ2n) is 8.06. The second-order valence-corrected chi connectivity index (χ2v) is 13.5. The summed E-state index contributed by atoms with van der Waals surface area (Å²) >= 11 is 0. The van der Waals surface area contributed by atoms with Gasteiger partial charge in [-0.2, -0.15) is 12.8 Å². The third-order valence-corrected chi connectivity index (χ3v) is 11.6. The van der Waals surface area contributed by atoms with Gasteiger partial charge in [0.05, 0.1) is 10.2 Å². The zero-order valence-electron chi connectivity index (χ0n) is 18.4. The molecule has 0 aliphatic rings. The van der Waals surface area contributed by atoms with Gasteiger partial charge in [-0.3, -0.25) is 0 Å². The molecule has 4 aromatic carbocycles. The van der Waals surface area contributed by atoms with Crippen LogP contribution < -0.4 is 10.4 Å². The molecule has 166 valence electrons. The number of hydrogen-bond acceptors (Lipinski definition) is 2. The molecule has 4 aromatic rings. The number of benzene rings is 4. The van der Waals surface area contributed by atoms with E-state index in [1.807, 2.05) is 74.1 Å². The number of hydrogen-bond donors (Lipinski definition) is 0. The maximum absolute atomic E-state index is 15.2. The van der Waals surface area contributed by atoms with Crippen LogP contribution in [0.4, 0.5) is 4.39 Å². The van der Waals surface area contributed by atoms with Gasteiger partial charge in [0.1, 0.15) is 5.82 Å². The van der Waals surface area contributed by atoms with Crippen LogP contribution in [0, 0.1) is 12.7 Å². The lowest BCUT2D eigenvalue weighted by Gasteiger charge is -2.30. The van der Waals surface area contributed by atoms with Crippen LogP contribution in [0.1, 0.15) is 11.1 Å². The van der Waals surface area contributed by atoms with Crippen LogP contribution in [-0.4, -0.2) is 21.8 Å². The fourth-order valence-corrected chi connectivity index (χ4v) is 9.28. The number of sulfonamides is 1. The molecule has 0 unspecified atom stereocenters. The molecule has 0 amide bonds. The molecule has 0 saturated carbocycles. The van der Waals surface area contributed by atoms with E-state index in [0.717, 1.165) is 15.9 Å². The van der Waals surface area contributed by atoms with Gasteiger partial charge in [0.2, 0.25) is 0 Å². The molecule has 6 heteroatoms. The molecule has 0 atom stereocenters. The summed E-state index contributed by atoms with van der Waals surface area (Å²) in [4.78, 5) is 0.0828. The van der Waals surface area contributed by atoms with Crippen molar-refractivity contribution in [3.8, 4) is 0 Å². The van der Waals surface area contributed by atoms with Gasteiger partial charge in [-0.15, -0.1) is 0 Å². The monoisotopic (exact) mass is 473 g/mol. The van der Waals surface area contributed by atoms with E-state index < -0.39 is 23.9 Å². The minimum Gasteiger partial charge on any atom is -0.206 e. The summed E-state index contributed by atoms with van der Waals surface area (Å²) in [6, 6.07) is 32.1. The second kappa shape index (κ2) is 9.25. The first-order valence-electron chi connectivity index (χ1n) is 10.6. The third-order valence-electron chi connectivity index (χ3n) is 5.84. The molecule has 0 saturated heterocycles. The van der Waals surface area contributed by atoms with Crippen molar-refractivity contribution in [3.05, 3.63) is 126 Å². The fraction of sp³-hybridized carbons (Fsp3) is 0.0741. The molecule has 4 rings (SSSR count). The minimum atomic E-state index is -4.08. The van der Waals surface area contributed by atoms with Gasteiger partial charge in [0.15, 0.2) is 8.07 Å². The Morgan fingerprint density at radius 3 is 1.73 bits per heavy atom. The van der Waals surface area contributed by atoms with Crippen LogP contribution in [0.3, 0.4) is 0 Å². The van der Waals surface area contributed by atoms with Gasteiger partial charge in [0.25, 0.3) is 10.0 Å².